The third-order valence-electron chi connectivity index (χ3n) is 5.84. The van der Waals surface area contributed by atoms with E-state index in [1.165, 1.54) is 12.1 Å². The third kappa shape index (κ3) is 4.95. The number of nitrogens with zero attached hydrogens (tertiary/aromatic N) is 4. The fourth-order valence-corrected chi connectivity index (χ4v) is 4.06. The minimum Gasteiger partial charge on any atom is -0.487 e. The molecule has 8 nitrogen and oxygen atoms in total. The Hall–Kier alpha value is -4.16. The van der Waals surface area contributed by atoms with E-state index in [2.05, 4.69) is 21.5 Å². The molecule has 0 aliphatic carbocycles. The van der Waals surface area contributed by atoms with Crippen LogP contribution >= 0.6 is 0 Å². The molecule has 0 aliphatic heterocycles. The molecule has 0 spiro atoms. The van der Waals surface area contributed by atoms with Crippen molar-refractivity contribution in [2.24, 2.45) is 0 Å². The van der Waals surface area contributed by atoms with Crippen molar-refractivity contribution in [3.05, 3.63) is 54.6 Å². The maximum Gasteiger partial charge on any atom is 0.174 e. The molecule has 0 bridgehead atoms. The SMILES string of the molecule is C=CCN(C)c1cc(F)cc2c1[nH]c1nc(C)nc(-c3ccc(OCC(O)CC)c(OCC#N)c3)c12. The Morgan fingerprint density at radius 2 is 2.06 bits per heavy atom. The fourth-order valence-electron chi connectivity index (χ4n) is 4.06. The van der Waals surface area contributed by atoms with Crippen molar-refractivity contribution in [2.75, 3.05) is 31.7 Å². The number of nitriles is 1. The molecule has 36 heavy (non-hydrogen) atoms. The number of aromatic amines is 1. The molecule has 0 fully saturated rings. The van der Waals surface area contributed by atoms with Crippen molar-refractivity contribution in [1.29, 1.82) is 5.26 Å². The van der Waals surface area contributed by atoms with Gasteiger partial charge in [-0.25, -0.2) is 14.4 Å². The van der Waals surface area contributed by atoms with Crippen LogP contribution in [0.15, 0.2) is 43.0 Å². The van der Waals surface area contributed by atoms with E-state index in [9.17, 15) is 9.50 Å². The van der Waals surface area contributed by atoms with Gasteiger partial charge in [0.05, 0.1) is 28.4 Å². The Bertz CT molecular complexity index is 1460. The van der Waals surface area contributed by atoms with Crippen LogP contribution < -0.4 is 14.4 Å². The van der Waals surface area contributed by atoms with Crippen molar-refractivity contribution in [3.63, 3.8) is 0 Å². The van der Waals surface area contributed by atoms with Gasteiger partial charge in [0.2, 0.25) is 0 Å². The standard InChI is InChI=1S/C27H28FN5O3/c1-5-10-33(4)21-14-18(28)13-20-24-25(30-16(3)31-27(24)32-26(20)21)17-7-8-22(36-15-19(34)6-2)23(12-17)35-11-9-29/h5,7-8,12-14,19,34H,1,6,10-11,15H2,2-4H3,(H,30,31,32). The molecule has 2 aromatic heterocycles. The molecule has 0 radical (unpaired) electrons. The van der Waals surface area contributed by atoms with Gasteiger partial charge in [0.25, 0.3) is 0 Å². The lowest BCUT2D eigenvalue weighted by Crippen LogP contribution is -2.17. The van der Waals surface area contributed by atoms with E-state index in [-0.39, 0.29) is 19.0 Å². The largest absolute Gasteiger partial charge is 0.487 e. The lowest BCUT2D eigenvalue weighted by atomic mass is 10.0. The number of aliphatic hydroxyl groups excluding tert-OH is 1. The van der Waals surface area contributed by atoms with Crippen molar-refractivity contribution >= 4 is 27.6 Å². The van der Waals surface area contributed by atoms with Gasteiger partial charge in [-0.15, -0.1) is 6.58 Å². The Balaban J connectivity index is 1.90. The smallest absolute Gasteiger partial charge is 0.174 e. The number of fused-ring (bicyclic) bond motifs is 3. The molecule has 9 heteroatoms. The normalized spacial score (nSPS) is 11.9. The second-order valence-corrected chi connectivity index (χ2v) is 8.47. The van der Waals surface area contributed by atoms with E-state index in [0.29, 0.717) is 63.7 Å². The highest BCUT2D eigenvalue weighted by Crippen LogP contribution is 2.39. The first-order chi connectivity index (χ1) is 17.4. The second-order valence-electron chi connectivity index (χ2n) is 8.47. The first-order valence-electron chi connectivity index (χ1n) is 11.6. The quantitative estimate of drug-likeness (QED) is 0.305. The van der Waals surface area contributed by atoms with Gasteiger partial charge < -0.3 is 24.5 Å². The molecular formula is C27H28FN5O3. The van der Waals surface area contributed by atoms with Gasteiger partial charge in [0, 0.05) is 24.5 Å². The lowest BCUT2D eigenvalue weighted by molar-refractivity contribution is 0.102. The van der Waals surface area contributed by atoms with Crippen LogP contribution in [0.2, 0.25) is 0 Å². The van der Waals surface area contributed by atoms with Crippen molar-refractivity contribution in [3.8, 4) is 28.8 Å². The van der Waals surface area contributed by atoms with Gasteiger partial charge in [-0.2, -0.15) is 5.26 Å². The van der Waals surface area contributed by atoms with Gasteiger partial charge in [-0.05, 0) is 43.7 Å². The zero-order valence-electron chi connectivity index (χ0n) is 20.5. The Kier molecular flexibility index (Phi) is 7.36. The van der Waals surface area contributed by atoms with Gasteiger partial charge in [0.1, 0.15) is 30.0 Å². The van der Waals surface area contributed by atoms with E-state index >= 15 is 0 Å². The average molecular weight is 490 g/mol. The zero-order valence-corrected chi connectivity index (χ0v) is 20.5. The summed E-state index contributed by atoms with van der Waals surface area (Å²) >= 11 is 0. The summed E-state index contributed by atoms with van der Waals surface area (Å²) in [6.07, 6.45) is 1.68. The van der Waals surface area contributed by atoms with Gasteiger partial charge in [-0.1, -0.05) is 13.0 Å². The number of hydrogen-bond donors (Lipinski definition) is 2. The summed E-state index contributed by atoms with van der Waals surface area (Å²) in [5.41, 5.74) is 3.29. The Morgan fingerprint density at radius 3 is 2.78 bits per heavy atom. The van der Waals surface area contributed by atoms with Crippen LogP contribution in [0.4, 0.5) is 10.1 Å². The van der Waals surface area contributed by atoms with Crippen LogP contribution in [0.1, 0.15) is 19.2 Å². The van der Waals surface area contributed by atoms with Crippen molar-refractivity contribution < 1.29 is 19.0 Å². The number of aromatic nitrogens is 3. The third-order valence-corrected chi connectivity index (χ3v) is 5.84. The molecular weight excluding hydrogens is 461 g/mol. The van der Waals surface area contributed by atoms with Gasteiger partial charge in [0.15, 0.2) is 18.1 Å². The monoisotopic (exact) mass is 489 g/mol. The highest BCUT2D eigenvalue weighted by Gasteiger charge is 2.20. The number of ether oxygens (including phenoxy) is 2. The number of H-pyrrole nitrogens is 1. The average Bonchev–Trinajstić information content (AvgIpc) is 3.23. The Morgan fingerprint density at radius 1 is 1.25 bits per heavy atom. The minimum atomic E-state index is -0.618. The van der Waals surface area contributed by atoms with Crippen molar-refractivity contribution in [1.82, 2.24) is 15.0 Å². The number of halogens is 1. The van der Waals surface area contributed by atoms with Crippen LogP contribution in [0.5, 0.6) is 11.5 Å². The van der Waals surface area contributed by atoms with Crippen LogP contribution in [-0.2, 0) is 0 Å². The molecule has 2 N–H and O–H groups in total. The second kappa shape index (κ2) is 10.6. The summed E-state index contributed by atoms with van der Waals surface area (Å²) in [5, 5.41) is 20.2. The van der Waals surface area contributed by atoms with Crippen molar-refractivity contribution in [2.45, 2.75) is 26.4 Å². The zero-order chi connectivity index (χ0) is 25.8. The first kappa shape index (κ1) is 24.9. The van der Waals surface area contributed by atoms with E-state index in [1.54, 1.807) is 25.1 Å². The number of likely N-dealkylation sites (N-methyl/N-ethyl adjacent to an activating group) is 1. The summed E-state index contributed by atoms with van der Waals surface area (Å²) < 4.78 is 26.1. The van der Waals surface area contributed by atoms with E-state index in [4.69, 9.17) is 14.7 Å². The maximum atomic E-state index is 14.8. The highest BCUT2D eigenvalue weighted by molar-refractivity contribution is 6.15. The molecule has 2 heterocycles. The summed E-state index contributed by atoms with van der Waals surface area (Å²) in [5.74, 6) is 0.912. The molecule has 0 saturated heterocycles. The molecule has 0 aliphatic rings. The molecule has 1 atom stereocenters. The molecule has 1 unspecified atom stereocenters. The Labute approximate surface area is 208 Å². The van der Waals surface area contributed by atoms with Crippen LogP contribution in [-0.4, -0.2) is 53.0 Å². The molecule has 186 valence electrons. The topological polar surface area (TPSA) is 107 Å². The lowest BCUT2D eigenvalue weighted by Gasteiger charge is -2.18. The van der Waals surface area contributed by atoms with E-state index in [1.807, 2.05) is 31.0 Å². The number of benzene rings is 2. The molecule has 4 aromatic rings. The molecule has 0 saturated carbocycles. The minimum absolute atomic E-state index is 0.0956. The number of hydrogen-bond acceptors (Lipinski definition) is 7. The fraction of sp³-hybridized carbons (Fsp3) is 0.296. The maximum absolute atomic E-state index is 14.8. The van der Waals surface area contributed by atoms with E-state index in [0.717, 1.165) is 5.52 Å². The number of nitrogens with one attached hydrogen (secondary N) is 1. The van der Waals surface area contributed by atoms with Crippen LogP contribution in [0.3, 0.4) is 0 Å². The molecule has 4 rings (SSSR count). The van der Waals surface area contributed by atoms with E-state index < -0.39 is 6.10 Å². The summed E-state index contributed by atoms with van der Waals surface area (Å²) in [4.78, 5) is 14.5. The summed E-state index contributed by atoms with van der Waals surface area (Å²) in [6, 6.07) is 10.2. The number of rotatable bonds is 10. The van der Waals surface area contributed by atoms with Crippen LogP contribution in [0, 0.1) is 24.1 Å². The number of aryl methyl sites for hydroxylation is 1. The predicted octanol–water partition coefficient (Wildman–Crippen LogP) is 4.90. The van der Waals surface area contributed by atoms with Gasteiger partial charge in [-0.3, -0.25) is 0 Å². The first-order valence-corrected chi connectivity index (χ1v) is 11.6. The predicted molar refractivity (Wildman–Crippen MR) is 138 cm³/mol. The summed E-state index contributed by atoms with van der Waals surface area (Å²) in [7, 11) is 1.87. The summed E-state index contributed by atoms with van der Waals surface area (Å²) in [6.45, 7) is 7.89. The number of aliphatic hydroxyl groups is 1. The highest BCUT2D eigenvalue weighted by atomic mass is 19.1. The molecule has 0 amide bonds. The van der Waals surface area contributed by atoms with Crippen LogP contribution in [0.25, 0.3) is 33.2 Å². The molecule has 2 aromatic carbocycles. The number of anilines is 1. The van der Waals surface area contributed by atoms with Gasteiger partial charge >= 0.3 is 0 Å².